The summed E-state index contributed by atoms with van der Waals surface area (Å²) in [5.74, 6) is -0.762. The van der Waals surface area contributed by atoms with E-state index in [4.69, 9.17) is 9.84 Å². The van der Waals surface area contributed by atoms with Gasteiger partial charge < -0.3 is 9.84 Å². The molecule has 76 valence electrons. The Balaban J connectivity index is 2.36. The Bertz CT molecular complexity index is 184. The number of nitrogens with zero attached hydrogens (tertiary/aromatic N) is 1. The highest BCUT2D eigenvalue weighted by molar-refractivity contribution is 5.69. The molecule has 0 amide bonds. The van der Waals surface area contributed by atoms with Crippen molar-refractivity contribution in [2.24, 2.45) is 0 Å². The summed E-state index contributed by atoms with van der Waals surface area (Å²) >= 11 is 0. The van der Waals surface area contributed by atoms with Crippen LogP contribution in [-0.2, 0) is 9.53 Å². The molecule has 4 heteroatoms. The average Bonchev–Trinajstić information content (AvgIpc) is 2.03. The molecule has 1 saturated heterocycles. The van der Waals surface area contributed by atoms with Crippen molar-refractivity contribution in [1.82, 2.24) is 4.90 Å². The van der Waals surface area contributed by atoms with E-state index in [1.807, 2.05) is 18.9 Å². The van der Waals surface area contributed by atoms with Crippen molar-refractivity contribution < 1.29 is 14.6 Å². The molecule has 1 heterocycles. The SMILES string of the molecule is CC1CC(N(C)CC(=O)O)CCO1. The number of carboxylic acid groups (broad SMARTS) is 1. The molecule has 0 radical (unpaired) electrons. The number of carbonyl (C=O) groups is 1. The van der Waals surface area contributed by atoms with Crippen LogP contribution in [0.5, 0.6) is 0 Å². The van der Waals surface area contributed by atoms with Crippen molar-refractivity contribution >= 4 is 5.97 Å². The minimum atomic E-state index is -0.762. The summed E-state index contributed by atoms with van der Waals surface area (Å²) in [4.78, 5) is 12.4. The normalized spacial score (nSPS) is 29.2. The third kappa shape index (κ3) is 3.32. The molecule has 1 rings (SSSR count). The standard InChI is InChI=1S/C9H17NO3/c1-7-5-8(3-4-13-7)10(2)6-9(11)12/h7-8H,3-6H2,1-2H3,(H,11,12). The number of hydrogen-bond acceptors (Lipinski definition) is 3. The molecule has 1 fully saturated rings. The quantitative estimate of drug-likeness (QED) is 0.701. The first kappa shape index (κ1) is 10.5. The lowest BCUT2D eigenvalue weighted by molar-refractivity contribution is -0.139. The zero-order chi connectivity index (χ0) is 9.84. The number of aliphatic carboxylic acids is 1. The molecule has 0 aromatic rings. The molecule has 0 spiro atoms. The molecule has 4 nitrogen and oxygen atoms in total. The van der Waals surface area contributed by atoms with Crippen LogP contribution in [0.3, 0.4) is 0 Å². The highest BCUT2D eigenvalue weighted by atomic mass is 16.5. The maximum atomic E-state index is 10.5. The maximum absolute atomic E-state index is 10.5. The molecule has 1 aliphatic heterocycles. The van der Waals surface area contributed by atoms with Gasteiger partial charge in [0.15, 0.2) is 0 Å². The van der Waals surface area contributed by atoms with Crippen LogP contribution in [0.25, 0.3) is 0 Å². The van der Waals surface area contributed by atoms with Gasteiger partial charge >= 0.3 is 5.97 Å². The Morgan fingerprint density at radius 1 is 1.69 bits per heavy atom. The number of hydrogen-bond donors (Lipinski definition) is 1. The van der Waals surface area contributed by atoms with Gasteiger partial charge in [0.2, 0.25) is 0 Å². The molecular weight excluding hydrogens is 170 g/mol. The van der Waals surface area contributed by atoms with Crippen LogP contribution in [0, 0.1) is 0 Å². The van der Waals surface area contributed by atoms with E-state index in [1.54, 1.807) is 0 Å². The van der Waals surface area contributed by atoms with Gasteiger partial charge in [-0.25, -0.2) is 0 Å². The first-order chi connectivity index (χ1) is 6.09. The smallest absolute Gasteiger partial charge is 0.317 e. The van der Waals surface area contributed by atoms with Gasteiger partial charge in [0, 0.05) is 12.6 Å². The lowest BCUT2D eigenvalue weighted by atomic mass is 10.0. The van der Waals surface area contributed by atoms with E-state index in [2.05, 4.69) is 0 Å². The number of ether oxygens (including phenoxy) is 1. The van der Waals surface area contributed by atoms with Gasteiger partial charge in [0.25, 0.3) is 0 Å². The third-order valence-corrected chi connectivity index (χ3v) is 2.47. The van der Waals surface area contributed by atoms with Crippen molar-refractivity contribution in [2.75, 3.05) is 20.2 Å². The monoisotopic (exact) mass is 187 g/mol. The zero-order valence-corrected chi connectivity index (χ0v) is 8.19. The average molecular weight is 187 g/mol. The molecule has 0 aromatic heterocycles. The van der Waals surface area contributed by atoms with Crippen LogP contribution >= 0.6 is 0 Å². The highest BCUT2D eigenvalue weighted by Crippen LogP contribution is 2.17. The molecule has 2 atom stereocenters. The van der Waals surface area contributed by atoms with Gasteiger partial charge in [-0.2, -0.15) is 0 Å². The second-order valence-corrected chi connectivity index (χ2v) is 3.67. The van der Waals surface area contributed by atoms with Crippen molar-refractivity contribution in [3.8, 4) is 0 Å². The van der Waals surface area contributed by atoms with Crippen LogP contribution in [0.15, 0.2) is 0 Å². The van der Waals surface area contributed by atoms with E-state index < -0.39 is 5.97 Å². The molecular formula is C9H17NO3. The fraction of sp³-hybridized carbons (Fsp3) is 0.889. The third-order valence-electron chi connectivity index (χ3n) is 2.47. The zero-order valence-electron chi connectivity index (χ0n) is 8.19. The molecule has 1 aliphatic rings. The molecule has 0 aromatic carbocycles. The van der Waals surface area contributed by atoms with Gasteiger partial charge in [-0.05, 0) is 26.8 Å². The Hall–Kier alpha value is -0.610. The fourth-order valence-corrected chi connectivity index (χ4v) is 1.72. The summed E-state index contributed by atoms with van der Waals surface area (Å²) in [6.45, 7) is 2.90. The van der Waals surface area contributed by atoms with Crippen LogP contribution < -0.4 is 0 Å². The Kier molecular flexibility index (Phi) is 3.69. The molecule has 0 saturated carbocycles. The lowest BCUT2D eigenvalue weighted by Crippen LogP contribution is -2.41. The first-order valence-electron chi connectivity index (χ1n) is 4.63. The molecule has 2 unspecified atom stereocenters. The summed E-state index contributed by atoms with van der Waals surface area (Å²) in [5.41, 5.74) is 0. The maximum Gasteiger partial charge on any atom is 0.317 e. The van der Waals surface area contributed by atoms with Crippen LogP contribution in [0.1, 0.15) is 19.8 Å². The summed E-state index contributed by atoms with van der Waals surface area (Å²) in [5, 5.41) is 8.61. The van der Waals surface area contributed by atoms with Gasteiger partial charge in [-0.1, -0.05) is 0 Å². The molecule has 0 aliphatic carbocycles. The van der Waals surface area contributed by atoms with E-state index in [9.17, 15) is 4.79 Å². The van der Waals surface area contributed by atoms with E-state index in [0.717, 1.165) is 19.4 Å². The fourth-order valence-electron chi connectivity index (χ4n) is 1.72. The summed E-state index contributed by atoms with van der Waals surface area (Å²) < 4.78 is 5.39. The van der Waals surface area contributed by atoms with Gasteiger partial charge in [0.05, 0.1) is 12.6 Å². The van der Waals surface area contributed by atoms with E-state index in [1.165, 1.54) is 0 Å². The minimum Gasteiger partial charge on any atom is -0.480 e. The molecule has 13 heavy (non-hydrogen) atoms. The molecule has 0 bridgehead atoms. The van der Waals surface area contributed by atoms with Crippen LogP contribution in [-0.4, -0.2) is 48.3 Å². The summed E-state index contributed by atoms with van der Waals surface area (Å²) in [7, 11) is 1.86. The Morgan fingerprint density at radius 3 is 2.92 bits per heavy atom. The second kappa shape index (κ2) is 4.58. The molecule has 1 N–H and O–H groups in total. The largest absolute Gasteiger partial charge is 0.480 e. The number of likely N-dealkylation sites (N-methyl/N-ethyl adjacent to an activating group) is 1. The predicted molar refractivity (Wildman–Crippen MR) is 48.7 cm³/mol. The van der Waals surface area contributed by atoms with Crippen molar-refractivity contribution in [2.45, 2.75) is 31.9 Å². The van der Waals surface area contributed by atoms with E-state index in [-0.39, 0.29) is 12.6 Å². The number of rotatable bonds is 3. The Labute approximate surface area is 78.5 Å². The summed E-state index contributed by atoms with van der Waals surface area (Å²) in [6.07, 6.45) is 2.13. The van der Waals surface area contributed by atoms with Gasteiger partial charge in [-0.3, -0.25) is 9.69 Å². The Morgan fingerprint density at radius 2 is 2.38 bits per heavy atom. The topological polar surface area (TPSA) is 49.8 Å². The first-order valence-corrected chi connectivity index (χ1v) is 4.63. The number of carboxylic acids is 1. The highest BCUT2D eigenvalue weighted by Gasteiger charge is 2.23. The van der Waals surface area contributed by atoms with Gasteiger partial charge in [-0.15, -0.1) is 0 Å². The van der Waals surface area contributed by atoms with Crippen LogP contribution in [0.4, 0.5) is 0 Å². The van der Waals surface area contributed by atoms with Crippen molar-refractivity contribution in [3.05, 3.63) is 0 Å². The van der Waals surface area contributed by atoms with Crippen LogP contribution in [0.2, 0.25) is 0 Å². The predicted octanol–water partition coefficient (Wildman–Crippen LogP) is 0.570. The van der Waals surface area contributed by atoms with E-state index >= 15 is 0 Å². The lowest BCUT2D eigenvalue weighted by Gasteiger charge is -2.33. The van der Waals surface area contributed by atoms with Gasteiger partial charge in [0.1, 0.15) is 0 Å². The van der Waals surface area contributed by atoms with Crippen molar-refractivity contribution in [3.63, 3.8) is 0 Å². The van der Waals surface area contributed by atoms with E-state index in [0.29, 0.717) is 6.04 Å². The minimum absolute atomic E-state index is 0.122. The van der Waals surface area contributed by atoms with Crippen molar-refractivity contribution in [1.29, 1.82) is 0 Å². The second-order valence-electron chi connectivity index (χ2n) is 3.67. The summed E-state index contributed by atoms with van der Waals surface area (Å²) in [6, 6.07) is 0.361.